The van der Waals surface area contributed by atoms with E-state index in [0.29, 0.717) is 12.5 Å². The Morgan fingerprint density at radius 3 is 2.87 bits per heavy atom. The van der Waals surface area contributed by atoms with E-state index in [2.05, 4.69) is 43.6 Å². The van der Waals surface area contributed by atoms with Crippen LogP contribution in [0.3, 0.4) is 0 Å². The van der Waals surface area contributed by atoms with Crippen LogP contribution in [-0.4, -0.2) is 36.5 Å². The van der Waals surface area contributed by atoms with Crippen molar-refractivity contribution < 1.29 is 9.59 Å². The molecule has 0 bridgehead atoms. The largest absolute Gasteiger partial charge is 0.338 e. The van der Waals surface area contributed by atoms with Crippen molar-refractivity contribution in [3.63, 3.8) is 0 Å². The molecule has 1 atom stereocenters. The maximum absolute atomic E-state index is 12.1. The fourth-order valence-corrected chi connectivity index (χ4v) is 3.22. The van der Waals surface area contributed by atoms with Gasteiger partial charge in [-0.2, -0.15) is 0 Å². The van der Waals surface area contributed by atoms with Gasteiger partial charge in [-0.3, -0.25) is 15.0 Å². The fraction of sp³-hybridized carbons (Fsp3) is 0.529. The van der Waals surface area contributed by atoms with Gasteiger partial charge in [0.2, 0.25) is 5.91 Å². The van der Waals surface area contributed by atoms with Gasteiger partial charge in [-0.25, -0.2) is 4.79 Å². The molecular weight excluding hydrogens is 358 g/mol. The van der Waals surface area contributed by atoms with Gasteiger partial charge < -0.3 is 5.32 Å². The second-order valence-corrected chi connectivity index (χ2v) is 7.25. The van der Waals surface area contributed by atoms with Gasteiger partial charge in [-0.15, -0.1) is 0 Å². The summed E-state index contributed by atoms with van der Waals surface area (Å²) < 4.78 is 1.04. The number of urea groups is 1. The van der Waals surface area contributed by atoms with Gasteiger partial charge in [-0.05, 0) is 43.0 Å². The number of imide groups is 1. The Morgan fingerprint density at radius 2 is 2.17 bits per heavy atom. The third-order valence-corrected chi connectivity index (χ3v) is 4.36. The topological polar surface area (TPSA) is 61.4 Å². The Morgan fingerprint density at radius 1 is 1.39 bits per heavy atom. The van der Waals surface area contributed by atoms with Gasteiger partial charge in [-0.1, -0.05) is 41.9 Å². The van der Waals surface area contributed by atoms with Crippen LogP contribution in [0, 0.1) is 5.92 Å². The number of carbonyl (C=O) groups excluding carboxylic acids is 2. The van der Waals surface area contributed by atoms with Crippen molar-refractivity contribution in [2.45, 2.75) is 32.7 Å². The first-order valence-corrected chi connectivity index (χ1v) is 8.82. The van der Waals surface area contributed by atoms with E-state index in [1.807, 2.05) is 26.0 Å². The molecule has 1 aromatic carbocycles. The minimum Gasteiger partial charge on any atom is -0.338 e. The number of amides is 3. The lowest BCUT2D eigenvalue weighted by atomic mass is 10.0. The van der Waals surface area contributed by atoms with Gasteiger partial charge in [0.1, 0.15) is 0 Å². The number of rotatable bonds is 5. The van der Waals surface area contributed by atoms with Crippen molar-refractivity contribution in [1.82, 2.24) is 15.5 Å². The zero-order valence-electron chi connectivity index (χ0n) is 13.6. The number of halogens is 1. The van der Waals surface area contributed by atoms with Gasteiger partial charge in [0.25, 0.3) is 0 Å². The summed E-state index contributed by atoms with van der Waals surface area (Å²) in [5, 5.41) is 5.10. The Bertz CT molecular complexity index is 563. The first kappa shape index (κ1) is 17.9. The number of nitrogens with zero attached hydrogens (tertiary/aromatic N) is 1. The summed E-state index contributed by atoms with van der Waals surface area (Å²) >= 11 is 3.49. The van der Waals surface area contributed by atoms with Gasteiger partial charge >= 0.3 is 6.03 Å². The van der Waals surface area contributed by atoms with E-state index in [4.69, 9.17) is 0 Å². The van der Waals surface area contributed by atoms with Crippen molar-refractivity contribution in [1.29, 1.82) is 0 Å². The molecule has 2 rings (SSSR count). The summed E-state index contributed by atoms with van der Waals surface area (Å²) in [7, 11) is 0. The van der Waals surface area contributed by atoms with Crippen molar-refractivity contribution in [2.24, 2.45) is 5.92 Å². The first-order chi connectivity index (χ1) is 11.0. The highest BCUT2D eigenvalue weighted by molar-refractivity contribution is 9.10. The molecule has 1 fully saturated rings. The lowest BCUT2D eigenvalue weighted by Crippen LogP contribution is -2.45. The average Bonchev–Trinajstić information content (AvgIpc) is 2.93. The van der Waals surface area contributed by atoms with E-state index >= 15 is 0 Å². The van der Waals surface area contributed by atoms with Crippen LogP contribution in [0.5, 0.6) is 0 Å². The lowest BCUT2D eigenvalue weighted by Gasteiger charge is -2.24. The minimum absolute atomic E-state index is 0.233. The highest BCUT2D eigenvalue weighted by Gasteiger charge is 2.28. The zero-order valence-corrected chi connectivity index (χ0v) is 15.2. The smallest absolute Gasteiger partial charge is 0.321 e. The van der Waals surface area contributed by atoms with Crippen LogP contribution >= 0.6 is 15.9 Å². The monoisotopic (exact) mass is 381 g/mol. The molecule has 0 spiro atoms. The van der Waals surface area contributed by atoms with E-state index in [0.717, 1.165) is 23.9 Å². The predicted octanol–water partition coefficient (Wildman–Crippen LogP) is 3.07. The summed E-state index contributed by atoms with van der Waals surface area (Å²) in [4.78, 5) is 25.9. The Balaban J connectivity index is 1.88. The van der Waals surface area contributed by atoms with Crippen molar-refractivity contribution in [3.05, 3.63) is 34.3 Å². The van der Waals surface area contributed by atoms with Gasteiger partial charge in [0.15, 0.2) is 0 Å². The molecule has 0 saturated carbocycles. The molecule has 0 radical (unpaired) electrons. The van der Waals surface area contributed by atoms with Crippen LogP contribution < -0.4 is 10.6 Å². The fourth-order valence-electron chi connectivity index (χ4n) is 2.80. The molecule has 3 amide bonds. The molecule has 6 heteroatoms. The summed E-state index contributed by atoms with van der Waals surface area (Å²) in [5.74, 6) is 0.100. The molecule has 1 aromatic rings. The molecule has 0 aliphatic carbocycles. The Hall–Kier alpha value is -1.40. The lowest BCUT2D eigenvalue weighted by molar-refractivity contribution is -0.121. The summed E-state index contributed by atoms with van der Waals surface area (Å²) in [6.45, 7) is 5.69. The van der Waals surface area contributed by atoms with Crippen LogP contribution in [0.15, 0.2) is 28.7 Å². The summed E-state index contributed by atoms with van der Waals surface area (Å²) in [6, 6.07) is 8.00. The third kappa shape index (κ3) is 5.62. The van der Waals surface area contributed by atoms with Gasteiger partial charge in [0.05, 0.1) is 6.54 Å². The quantitative estimate of drug-likeness (QED) is 0.823. The van der Waals surface area contributed by atoms with Crippen LogP contribution in [0.1, 0.15) is 38.3 Å². The van der Waals surface area contributed by atoms with Crippen molar-refractivity contribution in [2.75, 3.05) is 19.6 Å². The maximum atomic E-state index is 12.1. The number of likely N-dealkylation sites (tertiary alicyclic amines) is 1. The predicted molar refractivity (Wildman–Crippen MR) is 94.1 cm³/mol. The van der Waals surface area contributed by atoms with Crippen LogP contribution in [0.2, 0.25) is 0 Å². The van der Waals surface area contributed by atoms with Crippen molar-refractivity contribution >= 4 is 27.9 Å². The second-order valence-electron chi connectivity index (χ2n) is 6.34. The Labute approximate surface area is 145 Å². The molecule has 2 N–H and O–H groups in total. The highest BCUT2D eigenvalue weighted by Crippen LogP contribution is 2.32. The van der Waals surface area contributed by atoms with Crippen LogP contribution in [-0.2, 0) is 4.79 Å². The first-order valence-electron chi connectivity index (χ1n) is 8.03. The summed E-state index contributed by atoms with van der Waals surface area (Å²) in [6.07, 6.45) is 2.09. The second kappa shape index (κ2) is 8.45. The maximum Gasteiger partial charge on any atom is 0.321 e. The van der Waals surface area contributed by atoms with E-state index in [1.165, 1.54) is 5.56 Å². The average molecular weight is 382 g/mol. The molecule has 1 aliphatic heterocycles. The van der Waals surface area contributed by atoms with Crippen molar-refractivity contribution in [3.8, 4) is 0 Å². The molecule has 1 unspecified atom stereocenters. The third-order valence-electron chi connectivity index (χ3n) is 3.87. The SMILES string of the molecule is CC(C)CNC(=O)NC(=O)CN1CCCC1c1cccc(Br)c1. The standard InChI is InChI=1S/C17H24BrN3O2/c1-12(2)10-19-17(23)20-16(22)11-21-8-4-7-15(21)13-5-3-6-14(18)9-13/h3,5-6,9,12,15H,4,7-8,10-11H2,1-2H3,(H2,19,20,22,23). The molecule has 5 nitrogen and oxygen atoms in total. The normalized spacial score (nSPS) is 18.2. The minimum atomic E-state index is -0.415. The van der Waals surface area contributed by atoms with Crippen LogP contribution in [0.4, 0.5) is 4.79 Å². The molecule has 1 heterocycles. The molecule has 1 aliphatic rings. The molecule has 126 valence electrons. The Kier molecular flexibility index (Phi) is 6.59. The van der Waals surface area contributed by atoms with Gasteiger partial charge in [0, 0.05) is 17.1 Å². The van der Waals surface area contributed by atoms with E-state index in [1.54, 1.807) is 0 Å². The van der Waals surface area contributed by atoms with E-state index in [-0.39, 0.29) is 18.5 Å². The zero-order chi connectivity index (χ0) is 16.8. The van der Waals surface area contributed by atoms with E-state index < -0.39 is 6.03 Å². The highest BCUT2D eigenvalue weighted by atomic mass is 79.9. The molecule has 0 aromatic heterocycles. The number of carbonyl (C=O) groups is 2. The molecule has 23 heavy (non-hydrogen) atoms. The number of benzene rings is 1. The molecular formula is C17H24BrN3O2. The summed E-state index contributed by atoms with van der Waals surface area (Å²) in [5.41, 5.74) is 1.20. The number of hydrogen-bond acceptors (Lipinski definition) is 3. The number of nitrogens with one attached hydrogen (secondary N) is 2. The van der Waals surface area contributed by atoms with Crippen LogP contribution in [0.25, 0.3) is 0 Å². The van der Waals surface area contributed by atoms with E-state index in [9.17, 15) is 9.59 Å². The number of hydrogen-bond donors (Lipinski definition) is 2. The molecule has 1 saturated heterocycles.